The Morgan fingerprint density at radius 1 is 1.00 bits per heavy atom. The van der Waals surface area contributed by atoms with Gasteiger partial charge < -0.3 is 0 Å². The first-order chi connectivity index (χ1) is 10.1. The summed E-state index contributed by atoms with van der Waals surface area (Å²) in [5.74, 6) is 0. The topological polar surface area (TPSA) is 46.6 Å². The average molecular weight is 303 g/mol. The smallest absolute Gasteiger partial charge is 0.185 e. The highest BCUT2D eigenvalue weighted by Crippen LogP contribution is 2.36. The molecule has 0 bridgehead atoms. The molecule has 0 N–H and O–H groups in total. The summed E-state index contributed by atoms with van der Waals surface area (Å²) in [4.78, 5) is 5.84. The van der Waals surface area contributed by atoms with Gasteiger partial charge >= 0.3 is 0 Å². The van der Waals surface area contributed by atoms with Crippen LogP contribution in [0.2, 0.25) is 0 Å². The Labute approximate surface area is 124 Å². The second kappa shape index (κ2) is 5.60. The van der Waals surface area contributed by atoms with Crippen molar-refractivity contribution in [2.75, 3.05) is 13.7 Å². The van der Waals surface area contributed by atoms with E-state index in [1.807, 2.05) is 36.4 Å². The maximum atomic E-state index is 12.9. The van der Waals surface area contributed by atoms with E-state index in [1.54, 1.807) is 36.4 Å². The molecule has 1 fully saturated rings. The fourth-order valence-electron chi connectivity index (χ4n) is 2.72. The van der Waals surface area contributed by atoms with E-state index in [-0.39, 0.29) is 12.6 Å². The van der Waals surface area contributed by atoms with Gasteiger partial charge in [-0.25, -0.2) is 8.42 Å². The van der Waals surface area contributed by atoms with E-state index in [2.05, 4.69) is 0 Å². The lowest BCUT2D eigenvalue weighted by atomic mass is 10.0. The van der Waals surface area contributed by atoms with Gasteiger partial charge in [-0.2, -0.15) is 5.06 Å². The molecule has 0 saturated carbocycles. The van der Waals surface area contributed by atoms with Gasteiger partial charge in [-0.15, -0.1) is 0 Å². The van der Waals surface area contributed by atoms with E-state index in [4.69, 9.17) is 4.84 Å². The van der Waals surface area contributed by atoms with E-state index < -0.39 is 15.1 Å². The predicted octanol–water partition coefficient (Wildman–Crippen LogP) is 2.45. The van der Waals surface area contributed by atoms with Gasteiger partial charge in [0.05, 0.1) is 17.5 Å². The molecule has 1 saturated heterocycles. The first-order valence-corrected chi connectivity index (χ1v) is 8.35. The molecule has 1 aliphatic rings. The molecule has 21 heavy (non-hydrogen) atoms. The molecule has 1 heterocycles. The Hall–Kier alpha value is -1.69. The van der Waals surface area contributed by atoms with Crippen LogP contribution in [-0.4, -0.2) is 32.4 Å². The van der Waals surface area contributed by atoms with Crippen molar-refractivity contribution in [2.45, 2.75) is 16.2 Å². The standard InChI is InChI=1S/C16H17NO3S/c1-17-16(13-8-4-2-5-9-13)15(12-20-17)21(18,19)14-10-6-3-7-11-14/h2-11,15-16H,12H2,1H3/t15-,16-/m0/s1. The lowest BCUT2D eigenvalue weighted by Gasteiger charge is -2.22. The molecule has 0 spiro atoms. The van der Waals surface area contributed by atoms with Crippen molar-refractivity contribution in [3.8, 4) is 0 Å². The fourth-order valence-corrected chi connectivity index (χ4v) is 4.51. The Balaban J connectivity index is 2.01. The third kappa shape index (κ3) is 2.60. The molecule has 4 nitrogen and oxygen atoms in total. The summed E-state index contributed by atoms with van der Waals surface area (Å²) in [6.45, 7) is 0.174. The van der Waals surface area contributed by atoms with Gasteiger partial charge in [-0.05, 0) is 17.7 Å². The molecule has 0 aromatic heterocycles. The number of benzene rings is 2. The van der Waals surface area contributed by atoms with Crippen LogP contribution in [0.15, 0.2) is 65.6 Å². The lowest BCUT2D eigenvalue weighted by molar-refractivity contribution is -0.110. The van der Waals surface area contributed by atoms with Crippen LogP contribution in [0.25, 0.3) is 0 Å². The molecule has 2 aromatic carbocycles. The van der Waals surface area contributed by atoms with E-state index in [1.165, 1.54) is 0 Å². The van der Waals surface area contributed by atoms with E-state index >= 15 is 0 Å². The molecular formula is C16H17NO3S. The Bertz CT molecular complexity index is 701. The summed E-state index contributed by atoms with van der Waals surface area (Å²) in [5, 5.41) is 1.04. The summed E-state index contributed by atoms with van der Waals surface area (Å²) in [7, 11) is -1.66. The van der Waals surface area contributed by atoms with Crippen molar-refractivity contribution in [1.82, 2.24) is 5.06 Å². The van der Waals surface area contributed by atoms with Crippen molar-refractivity contribution in [3.63, 3.8) is 0 Å². The minimum Gasteiger partial charge on any atom is -0.297 e. The maximum absolute atomic E-state index is 12.9. The number of nitrogens with zero attached hydrogens (tertiary/aromatic N) is 1. The zero-order valence-corrected chi connectivity index (χ0v) is 12.5. The SMILES string of the molecule is CN1OC[C@H](S(=O)(=O)c2ccccc2)[C@@H]1c1ccccc1. The maximum Gasteiger partial charge on any atom is 0.185 e. The number of hydroxylamine groups is 2. The number of sulfone groups is 1. The molecule has 1 aliphatic heterocycles. The Morgan fingerprint density at radius 2 is 1.57 bits per heavy atom. The van der Waals surface area contributed by atoms with Crippen LogP contribution in [0.4, 0.5) is 0 Å². The molecule has 0 aliphatic carbocycles. The Morgan fingerprint density at radius 3 is 2.19 bits per heavy atom. The second-order valence-electron chi connectivity index (χ2n) is 5.09. The van der Waals surface area contributed by atoms with Gasteiger partial charge in [0.2, 0.25) is 0 Å². The largest absolute Gasteiger partial charge is 0.297 e. The van der Waals surface area contributed by atoms with Crippen molar-refractivity contribution in [1.29, 1.82) is 0 Å². The normalized spacial score (nSPS) is 23.3. The van der Waals surface area contributed by atoms with Crippen molar-refractivity contribution in [2.24, 2.45) is 0 Å². The summed E-state index contributed by atoms with van der Waals surface area (Å²) >= 11 is 0. The lowest BCUT2D eigenvalue weighted by Crippen LogP contribution is -2.30. The van der Waals surface area contributed by atoms with E-state index in [0.717, 1.165) is 5.56 Å². The first-order valence-electron chi connectivity index (χ1n) is 6.80. The summed E-state index contributed by atoms with van der Waals surface area (Å²) in [5.41, 5.74) is 0.946. The van der Waals surface area contributed by atoms with E-state index in [0.29, 0.717) is 4.90 Å². The van der Waals surface area contributed by atoms with Gasteiger partial charge in [0.25, 0.3) is 0 Å². The third-order valence-electron chi connectivity index (χ3n) is 3.80. The van der Waals surface area contributed by atoms with Gasteiger partial charge in [0.1, 0.15) is 5.25 Å². The minimum absolute atomic E-state index is 0.174. The Kier molecular flexibility index (Phi) is 3.80. The molecule has 3 rings (SSSR count). The predicted molar refractivity (Wildman–Crippen MR) is 80.3 cm³/mol. The average Bonchev–Trinajstić information content (AvgIpc) is 2.91. The first kappa shape index (κ1) is 14.3. The number of hydrogen-bond acceptors (Lipinski definition) is 4. The monoisotopic (exact) mass is 303 g/mol. The highest BCUT2D eigenvalue weighted by atomic mass is 32.2. The van der Waals surface area contributed by atoms with Crippen LogP contribution in [0.5, 0.6) is 0 Å². The van der Waals surface area contributed by atoms with Crippen LogP contribution in [0.1, 0.15) is 11.6 Å². The zero-order chi connectivity index (χ0) is 14.9. The van der Waals surface area contributed by atoms with Gasteiger partial charge in [-0.1, -0.05) is 48.5 Å². The van der Waals surface area contributed by atoms with Crippen LogP contribution >= 0.6 is 0 Å². The molecule has 2 atom stereocenters. The van der Waals surface area contributed by atoms with Crippen LogP contribution in [0.3, 0.4) is 0 Å². The van der Waals surface area contributed by atoms with E-state index in [9.17, 15) is 8.42 Å². The van der Waals surface area contributed by atoms with Crippen molar-refractivity contribution >= 4 is 9.84 Å². The van der Waals surface area contributed by atoms with Gasteiger partial charge in [0.15, 0.2) is 9.84 Å². The molecule has 0 unspecified atom stereocenters. The highest BCUT2D eigenvalue weighted by Gasteiger charge is 2.43. The van der Waals surface area contributed by atoms with Crippen LogP contribution in [0, 0.1) is 0 Å². The second-order valence-corrected chi connectivity index (χ2v) is 7.26. The number of rotatable bonds is 3. The summed E-state index contributed by atoms with van der Waals surface area (Å²) in [6, 6.07) is 17.9. The molecular weight excluding hydrogens is 286 g/mol. The molecule has 2 aromatic rings. The fraction of sp³-hybridized carbons (Fsp3) is 0.250. The third-order valence-corrected chi connectivity index (χ3v) is 5.92. The highest BCUT2D eigenvalue weighted by molar-refractivity contribution is 7.92. The molecule has 110 valence electrons. The van der Waals surface area contributed by atoms with Crippen LogP contribution < -0.4 is 0 Å². The zero-order valence-electron chi connectivity index (χ0n) is 11.7. The van der Waals surface area contributed by atoms with Gasteiger partial charge in [-0.3, -0.25) is 4.84 Å². The van der Waals surface area contributed by atoms with Crippen molar-refractivity contribution < 1.29 is 13.3 Å². The van der Waals surface area contributed by atoms with Crippen LogP contribution in [-0.2, 0) is 14.7 Å². The molecule has 5 heteroatoms. The summed E-state index contributed by atoms with van der Waals surface area (Å²) < 4.78 is 25.7. The molecule has 0 radical (unpaired) electrons. The minimum atomic E-state index is -3.44. The van der Waals surface area contributed by atoms with Crippen molar-refractivity contribution in [3.05, 3.63) is 66.2 Å². The molecule has 0 amide bonds. The summed E-state index contributed by atoms with van der Waals surface area (Å²) in [6.07, 6.45) is 0. The van der Waals surface area contributed by atoms with Gasteiger partial charge in [0, 0.05) is 7.05 Å². The number of hydrogen-bond donors (Lipinski definition) is 0. The quantitative estimate of drug-likeness (QED) is 0.874.